The molecule has 0 aromatic heterocycles. The summed E-state index contributed by atoms with van der Waals surface area (Å²) in [7, 11) is 0. The van der Waals surface area contributed by atoms with E-state index >= 15 is 0 Å². The molecular formula is C15H13ClN2O. The van der Waals surface area contributed by atoms with E-state index in [1.54, 1.807) is 24.3 Å². The van der Waals surface area contributed by atoms with E-state index in [0.29, 0.717) is 29.5 Å². The number of halogens is 1. The first-order valence-electron chi connectivity index (χ1n) is 5.83. The lowest BCUT2D eigenvalue weighted by molar-refractivity contribution is 0.306. The van der Waals surface area contributed by atoms with E-state index in [1.165, 1.54) is 0 Å². The second kappa shape index (κ2) is 6.24. The van der Waals surface area contributed by atoms with Crippen LogP contribution in [0.25, 0.3) is 0 Å². The third-order valence-electron chi connectivity index (χ3n) is 2.68. The number of rotatable bonds is 4. The normalized spacial score (nSPS) is 9.95. The van der Waals surface area contributed by atoms with Crippen LogP contribution in [-0.4, -0.2) is 0 Å². The SMILES string of the molecule is N#Cc1cccc(COc2ccc(CN)cc2Cl)c1. The highest BCUT2D eigenvalue weighted by Crippen LogP contribution is 2.26. The number of nitrogens with zero attached hydrogens (tertiary/aromatic N) is 1. The standard InChI is InChI=1S/C15H13ClN2O/c16-14-7-12(9-18)4-5-15(14)19-10-13-3-1-2-11(6-13)8-17/h1-7H,9-10,18H2. The van der Waals surface area contributed by atoms with Gasteiger partial charge in [-0.15, -0.1) is 0 Å². The van der Waals surface area contributed by atoms with E-state index in [4.69, 9.17) is 27.3 Å². The predicted molar refractivity (Wildman–Crippen MR) is 74.8 cm³/mol. The van der Waals surface area contributed by atoms with E-state index in [2.05, 4.69) is 6.07 Å². The molecule has 0 aliphatic heterocycles. The van der Waals surface area contributed by atoms with Gasteiger partial charge < -0.3 is 10.5 Å². The van der Waals surface area contributed by atoms with Crippen LogP contribution in [0.3, 0.4) is 0 Å². The van der Waals surface area contributed by atoms with E-state index in [0.717, 1.165) is 11.1 Å². The Labute approximate surface area is 117 Å². The lowest BCUT2D eigenvalue weighted by Gasteiger charge is -2.09. The molecule has 0 unspecified atom stereocenters. The second-order valence-corrected chi connectivity index (χ2v) is 4.48. The van der Waals surface area contributed by atoms with Crippen LogP contribution in [-0.2, 0) is 13.2 Å². The Bertz CT molecular complexity index is 620. The third-order valence-corrected chi connectivity index (χ3v) is 2.98. The van der Waals surface area contributed by atoms with Gasteiger partial charge in [0.25, 0.3) is 0 Å². The fourth-order valence-corrected chi connectivity index (χ4v) is 1.94. The Kier molecular flexibility index (Phi) is 4.40. The quantitative estimate of drug-likeness (QED) is 0.929. The minimum Gasteiger partial charge on any atom is -0.487 e. The molecule has 2 aromatic rings. The van der Waals surface area contributed by atoms with E-state index < -0.39 is 0 Å². The summed E-state index contributed by atoms with van der Waals surface area (Å²) in [4.78, 5) is 0. The van der Waals surface area contributed by atoms with Crippen molar-refractivity contribution >= 4 is 11.6 Å². The summed E-state index contributed by atoms with van der Waals surface area (Å²) in [5.41, 5.74) is 8.04. The first-order chi connectivity index (χ1) is 9.22. The van der Waals surface area contributed by atoms with Crippen LogP contribution >= 0.6 is 11.6 Å². The van der Waals surface area contributed by atoms with Crippen molar-refractivity contribution in [1.82, 2.24) is 0 Å². The predicted octanol–water partition coefficient (Wildman–Crippen LogP) is 3.25. The van der Waals surface area contributed by atoms with Crippen LogP contribution in [0.4, 0.5) is 0 Å². The van der Waals surface area contributed by atoms with E-state index in [1.807, 2.05) is 18.2 Å². The average molecular weight is 273 g/mol. The van der Waals surface area contributed by atoms with Crippen molar-refractivity contribution in [3.05, 3.63) is 64.2 Å². The molecule has 96 valence electrons. The molecule has 0 aliphatic carbocycles. The topological polar surface area (TPSA) is 59.0 Å². The monoisotopic (exact) mass is 272 g/mol. The van der Waals surface area contributed by atoms with Gasteiger partial charge in [0.2, 0.25) is 0 Å². The number of benzene rings is 2. The summed E-state index contributed by atoms with van der Waals surface area (Å²) in [6.45, 7) is 0.821. The van der Waals surface area contributed by atoms with Gasteiger partial charge in [0, 0.05) is 6.54 Å². The molecule has 2 aromatic carbocycles. The van der Waals surface area contributed by atoms with Crippen molar-refractivity contribution in [3.8, 4) is 11.8 Å². The van der Waals surface area contributed by atoms with Crippen LogP contribution < -0.4 is 10.5 Å². The molecule has 0 fully saturated rings. The Balaban J connectivity index is 2.08. The summed E-state index contributed by atoms with van der Waals surface area (Å²) in [6, 6.07) is 14.9. The number of hydrogen-bond acceptors (Lipinski definition) is 3. The van der Waals surface area contributed by atoms with Crippen LogP contribution in [0, 0.1) is 11.3 Å². The smallest absolute Gasteiger partial charge is 0.138 e. The van der Waals surface area contributed by atoms with Gasteiger partial charge in [-0.25, -0.2) is 0 Å². The zero-order valence-corrected chi connectivity index (χ0v) is 11.0. The minimum atomic E-state index is 0.372. The molecule has 19 heavy (non-hydrogen) atoms. The van der Waals surface area contributed by atoms with Gasteiger partial charge in [0.05, 0.1) is 16.7 Å². The Hall–Kier alpha value is -2.02. The van der Waals surface area contributed by atoms with Crippen molar-refractivity contribution in [2.75, 3.05) is 0 Å². The first kappa shape index (κ1) is 13.4. The molecule has 2 rings (SSSR count). The molecular weight excluding hydrogens is 260 g/mol. The van der Waals surface area contributed by atoms with Crippen molar-refractivity contribution < 1.29 is 4.74 Å². The number of nitriles is 1. The van der Waals surface area contributed by atoms with Crippen LogP contribution in [0.15, 0.2) is 42.5 Å². The maximum Gasteiger partial charge on any atom is 0.138 e. The lowest BCUT2D eigenvalue weighted by atomic mass is 10.1. The minimum absolute atomic E-state index is 0.372. The second-order valence-electron chi connectivity index (χ2n) is 4.07. The summed E-state index contributed by atoms with van der Waals surface area (Å²) in [5, 5.41) is 9.37. The van der Waals surface area contributed by atoms with Crippen molar-refractivity contribution in [3.63, 3.8) is 0 Å². The maximum atomic E-state index is 8.83. The molecule has 0 saturated carbocycles. The summed E-state index contributed by atoms with van der Waals surface area (Å²) >= 11 is 6.10. The Morgan fingerprint density at radius 2 is 2.00 bits per heavy atom. The average Bonchev–Trinajstić information content (AvgIpc) is 2.46. The molecule has 0 atom stereocenters. The molecule has 0 spiro atoms. The van der Waals surface area contributed by atoms with Crippen molar-refractivity contribution in [1.29, 1.82) is 5.26 Å². The van der Waals surface area contributed by atoms with Crippen LogP contribution in [0.5, 0.6) is 5.75 Å². The molecule has 4 heteroatoms. The Morgan fingerprint density at radius 1 is 1.16 bits per heavy atom. The van der Waals surface area contributed by atoms with Gasteiger partial charge in [0.15, 0.2) is 0 Å². The van der Waals surface area contributed by atoms with Gasteiger partial charge in [-0.3, -0.25) is 0 Å². The van der Waals surface area contributed by atoms with Gasteiger partial charge in [-0.05, 0) is 35.4 Å². The summed E-state index contributed by atoms with van der Waals surface area (Å²) in [6.07, 6.45) is 0. The van der Waals surface area contributed by atoms with E-state index in [-0.39, 0.29) is 0 Å². The van der Waals surface area contributed by atoms with Gasteiger partial charge in [-0.1, -0.05) is 29.8 Å². The fourth-order valence-electron chi connectivity index (χ4n) is 1.68. The third kappa shape index (κ3) is 3.47. The molecule has 0 amide bonds. The highest BCUT2D eigenvalue weighted by atomic mass is 35.5. The number of ether oxygens (including phenoxy) is 1. The Morgan fingerprint density at radius 3 is 2.68 bits per heavy atom. The lowest BCUT2D eigenvalue weighted by Crippen LogP contribution is -1.99. The number of nitrogens with two attached hydrogens (primary N) is 1. The highest BCUT2D eigenvalue weighted by molar-refractivity contribution is 6.32. The van der Waals surface area contributed by atoms with Crippen molar-refractivity contribution in [2.24, 2.45) is 5.73 Å². The molecule has 0 radical (unpaired) electrons. The zero-order valence-electron chi connectivity index (χ0n) is 10.3. The molecule has 0 bridgehead atoms. The van der Waals surface area contributed by atoms with E-state index in [9.17, 15) is 0 Å². The number of hydrogen-bond donors (Lipinski definition) is 1. The maximum absolute atomic E-state index is 8.83. The fraction of sp³-hybridized carbons (Fsp3) is 0.133. The van der Waals surface area contributed by atoms with Gasteiger partial charge in [0.1, 0.15) is 12.4 Å². The molecule has 3 nitrogen and oxygen atoms in total. The molecule has 0 aliphatic rings. The summed E-state index contributed by atoms with van der Waals surface area (Å²) in [5.74, 6) is 0.612. The largest absolute Gasteiger partial charge is 0.487 e. The molecule has 0 saturated heterocycles. The molecule has 2 N–H and O–H groups in total. The van der Waals surface area contributed by atoms with Crippen LogP contribution in [0.1, 0.15) is 16.7 Å². The zero-order chi connectivity index (χ0) is 13.7. The highest BCUT2D eigenvalue weighted by Gasteiger charge is 2.03. The van der Waals surface area contributed by atoms with Gasteiger partial charge in [-0.2, -0.15) is 5.26 Å². The summed E-state index contributed by atoms with van der Waals surface area (Å²) < 4.78 is 5.64. The van der Waals surface area contributed by atoms with Gasteiger partial charge >= 0.3 is 0 Å². The first-order valence-corrected chi connectivity index (χ1v) is 6.21. The van der Waals surface area contributed by atoms with Crippen LogP contribution in [0.2, 0.25) is 5.02 Å². The molecule has 0 heterocycles. The van der Waals surface area contributed by atoms with Crippen molar-refractivity contribution in [2.45, 2.75) is 13.2 Å².